The van der Waals surface area contributed by atoms with Crippen LogP contribution in [-0.2, 0) is 5.41 Å². The highest BCUT2D eigenvalue weighted by atomic mass is 15.1. The highest BCUT2D eigenvalue weighted by Crippen LogP contribution is 2.46. The van der Waals surface area contributed by atoms with Gasteiger partial charge in [0.25, 0.3) is 0 Å². The van der Waals surface area contributed by atoms with Crippen LogP contribution in [0.4, 0.5) is 0 Å². The first-order chi connectivity index (χ1) is 21.6. The fraction of sp³-hybridized carbons (Fsp3) is 0.0750. The first-order valence-corrected chi connectivity index (χ1v) is 15.2. The topological polar surface area (TPSA) is 27.7 Å². The van der Waals surface area contributed by atoms with Crippen molar-refractivity contribution in [3.05, 3.63) is 145 Å². The van der Waals surface area contributed by atoms with Crippen molar-refractivity contribution in [2.45, 2.75) is 19.3 Å². The molecular formula is C40H28N4. The van der Waals surface area contributed by atoms with Crippen LogP contribution in [0.1, 0.15) is 25.2 Å². The number of para-hydroxylation sites is 5. The standard InChI is InChI=1S/C40H28N4/c1-40(2)31-22-26(20-21-35(31)44-36-19-11-8-16-32(36)41-39(40)44)43-34-18-10-7-15-28(34)30-23-37-29(24-38(30)43)27-14-6-9-17-33(27)42(37)25-12-4-3-5-13-25/h3-24H,1-2H3. The van der Waals surface area contributed by atoms with Crippen LogP contribution in [0.2, 0.25) is 0 Å². The van der Waals surface area contributed by atoms with Gasteiger partial charge in [0.15, 0.2) is 0 Å². The molecule has 0 amide bonds. The minimum atomic E-state index is -0.223. The number of imidazole rings is 1. The summed E-state index contributed by atoms with van der Waals surface area (Å²) in [6.07, 6.45) is 0. The summed E-state index contributed by atoms with van der Waals surface area (Å²) in [5.74, 6) is 1.10. The van der Waals surface area contributed by atoms with Crippen molar-refractivity contribution in [1.29, 1.82) is 0 Å². The van der Waals surface area contributed by atoms with E-state index in [9.17, 15) is 0 Å². The minimum absolute atomic E-state index is 0.223. The molecule has 4 nitrogen and oxygen atoms in total. The molecule has 10 rings (SSSR count). The molecule has 44 heavy (non-hydrogen) atoms. The average Bonchev–Trinajstić information content (AvgIpc) is 3.76. The Morgan fingerprint density at radius 3 is 1.70 bits per heavy atom. The Bertz CT molecular complexity index is 2630. The molecule has 4 heterocycles. The molecule has 0 aliphatic carbocycles. The number of rotatable bonds is 2. The van der Waals surface area contributed by atoms with Crippen LogP contribution in [0.5, 0.6) is 0 Å². The Balaban J connectivity index is 1.28. The monoisotopic (exact) mass is 564 g/mol. The lowest BCUT2D eigenvalue weighted by molar-refractivity contribution is 0.621. The van der Waals surface area contributed by atoms with Crippen LogP contribution >= 0.6 is 0 Å². The van der Waals surface area contributed by atoms with E-state index in [4.69, 9.17) is 4.98 Å². The van der Waals surface area contributed by atoms with Gasteiger partial charge in [-0.1, -0.05) is 66.7 Å². The van der Waals surface area contributed by atoms with Gasteiger partial charge in [0.1, 0.15) is 5.82 Å². The van der Waals surface area contributed by atoms with Crippen LogP contribution in [-0.4, -0.2) is 18.7 Å². The fourth-order valence-corrected chi connectivity index (χ4v) is 7.73. The van der Waals surface area contributed by atoms with Gasteiger partial charge >= 0.3 is 0 Å². The van der Waals surface area contributed by atoms with E-state index in [1.165, 1.54) is 66.2 Å². The summed E-state index contributed by atoms with van der Waals surface area (Å²) in [6, 6.07) is 48.5. The number of benzene rings is 6. The Labute approximate surface area is 254 Å². The van der Waals surface area contributed by atoms with Gasteiger partial charge in [0.05, 0.1) is 44.2 Å². The maximum atomic E-state index is 5.10. The lowest BCUT2D eigenvalue weighted by atomic mass is 9.85. The Morgan fingerprint density at radius 1 is 0.455 bits per heavy atom. The van der Waals surface area contributed by atoms with Crippen molar-refractivity contribution in [2.75, 3.05) is 0 Å². The predicted octanol–water partition coefficient (Wildman–Crippen LogP) is 9.86. The number of hydrogen-bond donors (Lipinski definition) is 0. The molecule has 9 aromatic rings. The second-order valence-corrected chi connectivity index (χ2v) is 12.5. The SMILES string of the molecule is CC1(C)c2cc(-n3c4ccccc4c4cc5c(cc43)c3ccccc3n5-c3ccccc3)ccc2-n2c1nc1ccccc12. The molecule has 0 saturated heterocycles. The van der Waals surface area contributed by atoms with E-state index in [0.717, 1.165) is 16.9 Å². The Hall–Kier alpha value is -5.61. The first kappa shape index (κ1) is 23.9. The molecule has 1 aliphatic rings. The van der Waals surface area contributed by atoms with E-state index in [2.05, 4.69) is 161 Å². The number of aromatic nitrogens is 4. The van der Waals surface area contributed by atoms with E-state index >= 15 is 0 Å². The summed E-state index contributed by atoms with van der Waals surface area (Å²) in [5, 5.41) is 5.03. The lowest BCUT2D eigenvalue weighted by Crippen LogP contribution is -2.17. The van der Waals surface area contributed by atoms with Crippen LogP contribution in [0.25, 0.3) is 71.7 Å². The maximum Gasteiger partial charge on any atom is 0.124 e. The summed E-state index contributed by atoms with van der Waals surface area (Å²) in [4.78, 5) is 5.10. The summed E-state index contributed by atoms with van der Waals surface area (Å²) < 4.78 is 7.20. The fourth-order valence-electron chi connectivity index (χ4n) is 7.73. The predicted molar refractivity (Wildman–Crippen MR) is 182 cm³/mol. The van der Waals surface area contributed by atoms with E-state index < -0.39 is 0 Å². The van der Waals surface area contributed by atoms with E-state index in [-0.39, 0.29) is 5.41 Å². The van der Waals surface area contributed by atoms with Crippen LogP contribution in [0, 0.1) is 0 Å². The van der Waals surface area contributed by atoms with Crippen LogP contribution in [0.3, 0.4) is 0 Å². The van der Waals surface area contributed by atoms with Gasteiger partial charge < -0.3 is 9.13 Å². The van der Waals surface area contributed by atoms with Crippen LogP contribution < -0.4 is 0 Å². The zero-order valence-corrected chi connectivity index (χ0v) is 24.5. The van der Waals surface area contributed by atoms with E-state index in [1.807, 2.05) is 0 Å². The lowest BCUT2D eigenvalue weighted by Gasteiger charge is -2.19. The maximum absolute atomic E-state index is 5.10. The minimum Gasteiger partial charge on any atom is -0.309 e. The van der Waals surface area contributed by atoms with Crippen molar-refractivity contribution < 1.29 is 0 Å². The zero-order valence-electron chi connectivity index (χ0n) is 24.5. The smallest absolute Gasteiger partial charge is 0.124 e. The zero-order chi connectivity index (χ0) is 29.2. The molecule has 0 saturated carbocycles. The molecule has 0 radical (unpaired) electrons. The molecule has 0 N–H and O–H groups in total. The molecule has 6 aromatic carbocycles. The summed E-state index contributed by atoms with van der Waals surface area (Å²) in [5.41, 5.74) is 11.7. The number of hydrogen-bond acceptors (Lipinski definition) is 1. The van der Waals surface area contributed by atoms with E-state index in [1.54, 1.807) is 0 Å². The number of nitrogens with zero attached hydrogens (tertiary/aromatic N) is 4. The molecule has 0 bridgehead atoms. The average molecular weight is 565 g/mol. The molecule has 0 atom stereocenters. The third-order valence-electron chi connectivity index (χ3n) is 9.75. The normalized spacial score (nSPS) is 13.9. The second-order valence-electron chi connectivity index (χ2n) is 12.5. The third kappa shape index (κ3) is 2.95. The summed E-state index contributed by atoms with van der Waals surface area (Å²) in [6.45, 7) is 4.60. The molecule has 1 aliphatic heterocycles. The van der Waals surface area contributed by atoms with Gasteiger partial charge in [-0.3, -0.25) is 4.57 Å². The quantitative estimate of drug-likeness (QED) is 0.205. The highest BCUT2D eigenvalue weighted by Gasteiger charge is 2.39. The van der Waals surface area contributed by atoms with Crippen LogP contribution in [0.15, 0.2) is 133 Å². The van der Waals surface area contributed by atoms with Gasteiger partial charge in [-0.05, 0) is 86.1 Å². The van der Waals surface area contributed by atoms with Gasteiger partial charge in [-0.25, -0.2) is 4.98 Å². The van der Waals surface area contributed by atoms with E-state index in [0.29, 0.717) is 0 Å². The summed E-state index contributed by atoms with van der Waals surface area (Å²) in [7, 11) is 0. The van der Waals surface area contributed by atoms with Gasteiger partial charge in [-0.2, -0.15) is 0 Å². The molecule has 0 fully saturated rings. The van der Waals surface area contributed by atoms with Crippen molar-refractivity contribution >= 4 is 54.6 Å². The van der Waals surface area contributed by atoms with Gasteiger partial charge in [-0.15, -0.1) is 0 Å². The Kier molecular flexibility index (Phi) is 4.49. The molecular weight excluding hydrogens is 536 g/mol. The van der Waals surface area contributed by atoms with Crippen molar-refractivity contribution in [2.24, 2.45) is 0 Å². The molecule has 208 valence electrons. The first-order valence-electron chi connectivity index (χ1n) is 15.2. The van der Waals surface area contributed by atoms with Crippen molar-refractivity contribution in [3.63, 3.8) is 0 Å². The van der Waals surface area contributed by atoms with Gasteiger partial charge in [0.2, 0.25) is 0 Å². The summed E-state index contributed by atoms with van der Waals surface area (Å²) >= 11 is 0. The second kappa shape index (κ2) is 8.27. The third-order valence-corrected chi connectivity index (χ3v) is 9.75. The Morgan fingerprint density at radius 2 is 1.02 bits per heavy atom. The van der Waals surface area contributed by atoms with Gasteiger partial charge in [0, 0.05) is 32.9 Å². The van der Waals surface area contributed by atoms with Crippen molar-refractivity contribution in [1.82, 2.24) is 18.7 Å². The highest BCUT2D eigenvalue weighted by molar-refractivity contribution is 6.19. The molecule has 4 heteroatoms. The largest absolute Gasteiger partial charge is 0.309 e. The molecule has 0 unspecified atom stereocenters. The molecule has 3 aromatic heterocycles. The number of fused-ring (bicyclic) bond motifs is 11. The molecule has 0 spiro atoms. The van der Waals surface area contributed by atoms with Crippen molar-refractivity contribution in [3.8, 4) is 17.1 Å².